The molecule has 0 bridgehead atoms. The molecule has 2 saturated carbocycles. The third-order valence-electron chi connectivity index (χ3n) is 10.9. The summed E-state index contributed by atoms with van der Waals surface area (Å²) < 4.78 is 9.84. The van der Waals surface area contributed by atoms with Gasteiger partial charge < -0.3 is 29.2 Å². The van der Waals surface area contributed by atoms with Crippen molar-refractivity contribution in [3.05, 3.63) is 72.6 Å². The lowest BCUT2D eigenvalue weighted by Crippen LogP contribution is -2.26. The maximum atomic E-state index is 10.8. The fourth-order valence-electron chi connectivity index (χ4n) is 8.54. The van der Waals surface area contributed by atoms with Crippen molar-refractivity contribution in [2.45, 2.75) is 101 Å². The predicted molar refractivity (Wildman–Crippen MR) is 174 cm³/mol. The molecule has 238 valence electrons. The SMILES string of the molecule is COc1cccc2c1-c1cncn1C2CC(O)C1CCCCC1.Oc1cccc2c1-c1cncn1C2CC(O)C1CCCCC1. The Morgan fingerprint density at radius 1 is 0.711 bits per heavy atom. The number of aliphatic hydroxyl groups excluding tert-OH is 2. The second kappa shape index (κ2) is 13.0. The van der Waals surface area contributed by atoms with Crippen LogP contribution in [0.25, 0.3) is 22.5 Å². The highest BCUT2D eigenvalue weighted by Crippen LogP contribution is 2.48. The van der Waals surface area contributed by atoms with Crippen molar-refractivity contribution < 1.29 is 20.1 Å². The molecule has 4 aliphatic rings. The molecular formula is C37H46N4O4. The highest BCUT2D eigenvalue weighted by atomic mass is 16.5. The van der Waals surface area contributed by atoms with E-state index in [1.54, 1.807) is 19.4 Å². The number of fused-ring (bicyclic) bond motifs is 6. The zero-order valence-electron chi connectivity index (χ0n) is 26.3. The number of benzene rings is 2. The van der Waals surface area contributed by atoms with E-state index in [9.17, 15) is 15.3 Å². The Labute approximate surface area is 265 Å². The minimum Gasteiger partial charge on any atom is -0.507 e. The van der Waals surface area contributed by atoms with Gasteiger partial charge in [0.05, 0.1) is 67.8 Å². The van der Waals surface area contributed by atoms with Gasteiger partial charge in [0.1, 0.15) is 11.5 Å². The molecule has 4 heterocycles. The molecule has 0 amide bonds. The average Bonchev–Trinajstić information content (AvgIpc) is 3.86. The first-order chi connectivity index (χ1) is 22.0. The number of hydrogen-bond acceptors (Lipinski definition) is 6. The third kappa shape index (κ3) is 5.67. The van der Waals surface area contributed by atoms with Crippen LogP contribution in [0, 0.1) is 11.8 Å². The van der Waals surface area contributed by atoms with Crippen molar-refractivity contribution >= 4 is 0 Å². The fraction of sp³-hybridized carbons (Fsp3) is 0.514. The van der Waals surface area contributed by atoms with Crippen LogP contribution in [0.15, 0.2) is 61.4 Å². The number of phenolic OH excluding ortho intramolecular Hbond substituents is 1. The van der Waals surface area contributed by atoms with E-state index in [1.165, 1.54) is 44.1 Å². The van der Waals surface area contributed by atoms with Crippen LogP contribution >= 0.6 is 0 Å². The maximum absolute atomic E-state index is 10.8. The zero-order chi connectivity index (χ0) is 30.9. The van der Waals surface area contributed by atoms with E-state index in [-0.39, 0.29) is 24.3 Å². The number of aromatic hydroxyl groups is 1. The highest BCUT2D eigenvalue weighted by Gasteiger charge is 2.35. The van der Waals surface area contributed by atoms with Gasteiger partial charge >= 0.3 is 0 Å². The first-order valence-corrected chi connectivity index (χ1v) is 16.9. The molecule has 8 nitrogen and oxygen atoms in total. The molecule has 0 spiro atoms. The summed E-state index contributed by atoms with van der Waals surface area (Å²) in [7, 11) is 1.71. The second-order valence-electron chi connectivity index (χ2n) is 13.5. The fourth-order valence-corrected chi connectivity index (χ4v) is 8.54. The van der Waals surface area contributed by atoms with Gasteiger partial charge in [0.25, 0.3) is 0 Å². The Hall–Kier alpha value is -3.62. The van der Waals surface area contributed by atoms with Crippen molar-refractivity contribution in [2.24, 2.45) is 11.8 Å². The summed E-state index contributed by atoms with van der Waals surface area (Å²) in [6, 6.07) is 12.1. The highest BCUT2D eigenvalue weighted by molar-refractivity contribution is 5.76. The van der Waals surface area contributed by atoms with Gasteiger partial charge in [0.15, 0.2) is 0 Å². The van der Waals surface area contributed by atoms with E-state index >= 15 is 0 Å². The molecule has 8 heteroatoms. The smallest absolute Gasteiger partial charge is 0.128 e. The standard InChI is InChI=1S/C19H24N2O2.C18H22N2O2/c1-23-18-9-5-8-14-15(21-12-20-11-16(21)19(14)18)10-17(22)13-6-3-2-4-7-13;21-16-8-4-7-13-14(20-11-19-10-15(20)18(13)16)9-17(22)12-5-2-1-3-6-12/h5,8-9,11-13,15,17,22H,2-4,6-7,10H2,1H3;4,7-8,10-12,14,17,21-22H,1-3,5-6,9H2. The van der Waals surface area contributed by atoms with Gasteiger partial charge in [-0.25, -0.2) is 9.97 Å². The van der Waals surface area contributed by atoms with E-state index in [0.717, 1.165) is 65.9 Å². The van der Waals surface area contributed by atoms with E-state index in [2.05, 4.69) is 31.2 Å². The van der Waals surface area contributed by atoms with Crippen molar-refractivity contribution in [3.8, 4) is 34.0 Å². The minimum absolute atomic E-state index is 0.0801. The van der Waals surface area contributed by atoms with Gasteiger partial charge in [0, 0.05) is 11.1 Å². The summed E-state index contributed by atoms with van der Waals surface area (Å²) in [5.41, 5.74) is 6.41. The Kier molecular flexibility index (Phi) is 8.69. The lowest BCUT2D eigenvalue weighted by atomic mass is 9.82. The number of aliphatic hydroxyl groups is 2. The Morgan fingerprint density at radius 3 is 1.73 bits per heavy atom. The molecule has 2 aliphatic carbocycles. The second-order valence-corrected chi connectivity index (χ2v) is 13.5. The van der Waals surface area contributed by atoms with Crippen LogP contribution < -0.4 is 4.74 Å². The topological polar surface area (TPSA) is 106 Å². The van der Waals surface area contributed by atoms with Crippen molar-refractivity contribution in [1.29, 1.82) is 0 Å². The van der Waals surface area contributed by atoms with Crippen LogP contribution in [0.3, 0.4) is 0 Å². The van der Waals surface area contributed by atoms with Crippen LogP contribution in [0.1, 0.15) is 100 Å². The van der Waals surface area contributed by atoms with Crippen LogP contribution in [0.2, 0.25) is 0 Å². The predicted octanol–water partition coefficient (Wildman–Crippen LogP) is 7.28. The van der Waals surface area contributed by atoms with Gasteiger partial charge in [-0.15, -0.1) is 0 Å². The minimum atomic E-state index is -0.283. The normalized spacial score (nSPS) is 22.0. The molecule has 3 N–H and O–H groups in total. The van der Waals surface area contributed by atoms with Crippen LogP contribution in [-0.2, 0) is 0 Å². The summed E-state index contributed by atoms with van der Waals surface area (Å²) in [6.45, 7) is 0. The summed E-state index contributed by atoms with van der Waals surface area (Å²) >= 11 is 0. The number of methoxy groups -OCH3 is 1. The molecule has 4 aromatic rings. The molecule has 2 fully saturated rings. The average molecular weight is 611 g/mol. The van der Waals surface area contributed by atoms with Gasteiger partial charge in [-0.05, 0) is 73.6 Å². The zero-order valence-corrected chi connectivity index (χ0v) is 26.3. The summed E-state index contributed by atoms with van der Waals surface area (Å²) in [6.07, 6.45) is 20.5. The third-order valence-corrected chi connectivity index (χ3v) is 10.9. The Bertz CT molecular complexity index is 1600. The molecule has 2 aromatic heterocycles. The Balaban J connectivity index is 0.000000145. The number of ether oxygens (including phenoxy) is 1. The first-order valence-electron chi connectivity index (χ1n) is 16.9. The van der Waals surface area contributed by atoms with Crippen molar-refractivity contribution in [1.82, 2.24) is 19.1 Å². The molecule has 8 rings (SSSR count). The van der Waals surface area contributed by atoms with Gasteiger partial charge in [-0.2, -0.15) is 0 Å². The molecule has 0 radical (unpaired) electrons. The van der Waals surface area contributed by atoms with Gasteiger partial charge in [0.2, 0.25) is 0 Å². The lowest BCUT2D eigenvalue weighted by molar-refractivity contribution is 0.0684. The van der Waals surface area contributed by atoms with Crippen LogP contribution in [0.4, 0.5) is 0 Å². The number of nitrogens with zero attached hydrogens (tertiary/aromatic N) is 4. The lowest BCUT2D eigenvalue weighted by Gasteiger charge is -2.29. The number of rotatable bonds is 7. The van der Waals surface area contributed by atoms with Crippen LogP contribution in [-0.4, -0.2) is 53.7 Å². The largest absolute Gasteiger partial charge is 0.507 e. The number of imidazole rings is 2. The van der Waals surface area contributed by atoms with Gasteiger partial charge in [-0.1, -0.05) is 62.8 Å². The molecule has 2 aliphatic heterocycles. The van der Waals surface area contributed by atoms with E-state index in [0.29, 0.717) is 24.0 Å². The van der Waals surface area contributed by atoms with Gasteiger partial charge in [-0.3, -0.25) is 0 Å². The van der Waals surface area contributed by atoms with E-state index < -0.39 is 0 Å². The summed E-state index contributed by atoms with van der Waals surface area (Å²) in [4.78, 5) is 8.54. The Morgan fingerprint density at radius 2 is 1.20 bits per heavy atom. The molecule has 0 saturated heterocycles. The molecular weight excluding hydrogens is 564 g/mol. The number of aromatic nitrogens is 4. The van der Waals surface area contributed by atoms with E-state index in [4.69, 9.17) is 4.74 Å². The number of hydrogen-bond donors (Lipinski definition) is 3. The van der Waals surface area contributed by atoms with Crippen molar-refractivity contribution in [3.63, 3.8) is 0 Å². The molecule has 2 aromatic carbocycles. The molecule has 4 atom stereocenters. The monoisotopic (exact) mass is 610 g/mol. The summed E-state index contributed by atoms with van der Waals surface area (Å²) in [5.74, 6) is 2.06. The van der Waals surface area contributed by atoms with Crippen molar-refractivity contribution in [2.75, 3.05) is 7.11 Å². The van der Waals surface area contributed by atoms with Crippen LogP contribution in [0.5, 0.6) is 11.5 Å². The molecule has 4 unspecified atom stereocenters. The molecule has 45 heavy (non-hydrogen) atoms. The quantitative estimate of drug-likeness (QED) is 0.203. The first kappa shape index (κ1) is 30.1. The number of phenols is 1. The van der Waals surface area contributed by atoms with E-state index in [1.807, 2.05) is 37.1 Å². The maximum Gasteiger partial charge on any atom is 0.128 e. The summed E-state index contributed by atoms with van der Waals surface area (Å²) in [5, 5.41) is 31.7.